The Kier molecular flexibility index (Phi) is 10.2. The number of imidazole rings is 1. The van der Waals surface area contributed by atoms with Gasteiger partial charge in [-0.1, -0.05) is 23.7 Å². The van der Waals surface area contributed by atoms with Crippen LogP contribution in [-0.4, -0.2) is 37.7 Å². The summed E-state index contributed by atoms with van der Waals surface area (Å²) in [6.45, 7) is 6.91. The van der Waals surface area contributed by atoms with Crippen molar-refractivity contribution in [3.05, 3.63) is 41.2 Å². The Bertz CT molecular complexity index is 659. The van der Waals surface area contributed by atoms with E-state index in [0.717, 1.165) is 42.4 Å². The molecule has 0 aliphatic heterocycles. The third-order valence-corrected chi connectivity index (χ3v) is 2.96. The molecular formula is C17H24ClN3O4. The lowest BCUT2D eigenvalue weighted by atomic mass is 10.1. The summed E-state index contributed by atoms with van der Waals surface area (Å²) in [5.74, 6) is -0.787. The molecule has 4 N–H and O–H groups in total. The number of aliphatic carboxylic acids is 2. The zero-order valence-electron chi connectivity index (χ0n) is 14.7. The van der Waals surface area contributed by atoms with Gasteiger partial charge in [-0.3, -0.25) is 9.59 Å². The first-order valence-corrected chi connectivity index (χ1v) is 7.85. The third kappa shape index (κ3) is 9.49. The summed E-state index contributed by atoms with van der Waals surface area (Å²) in [5.41, 5.74) is 7.93. The van der Waals surface area contributed by atoms with Crippen molar-refractivity contribution in [2.24, 2.45) is 5.73 Å². The quantitative estimate of drug-likeness (QED) is 0.765. The highest BCUT2D eigenvalue weighted by molar-refractivity contribution is 6.33. The van der Waals surface area contributed by atoms with E-state index in [9.17, 15) is 0 Å². The number of aromatic nitrogens is 2. The molecule has 0 aliphatic carbocycles. The number of carbonyl (C=O) groups is 2. The second-order valence-electron chi connectivity index (χ2n) is 5.35. The standard InChI is InChI=1S/C13H16ClN3.2C2H4O2/c1-9-4-3-5-11(14)12(9)13-16-6-7-17(13)8-10(2)15;2*1-2(3)4/h3-7,10H,8,15H2,1-2H3;2*1H3,(H,3,4)/t10-;;/m0../s1. The van der Waals surface area contributed by atoms with E-state index in [0.29, 0.717) is 0 Å². The molecule has 0 amide bonds. The van der Waals surface area contributed by atoms with Crippen molar-refractivity contribution in [1.29, 1.82) is 0 Å². The monoisotopic (exact) mass is 369 g/mol. The third-order valence-electron chi connectivity index (χ3n) is 2.65. The highest BCUT2D eigenvalue weighted by Crippen LogP contribution is 2.29. The average molecular weight is 370 g/mol. The van der Waals surface area contributed by atoms with E-state index in [4.69, 9.17) is 37.1 Å². The first kappa shape index (κ1) is 22.6. The van der Waals surface area contributed by atoms with Crippen LogP contribution in [0, 0.1) is 6.92 Å². The number of carboxylic acid groups (broad SMARTS) is 2. The van der Waals surface area contributed by atoms with Gasteiger partial charge in [-0.2, -0.15) is 0 Å². The molecule has 1 heterocycles. The van der Waals surface area contributed by atoms with Gasteiger partial charge in [0.1, 0.15) is 5.82 Å². The summed E-state index contributed by atoms with van der Waals surface area (Å²) in [6, 6.07) is 5.95. The van der Waals surface area contributed by atoms with Gasteiger partial charge in [-0.25, -0.2) is 4.98 Å². The van der Waals surface area contributed by atoms with Crippen LogP contribution in [0.1, 0.15) is 26.3 Å². The fraction of sp³-hybridized carbons (Fsp3) is 0.353. The lowest BCUT2D eigenvalue weighted by Crippen LogP contribution is -2.22. The first-order chi connectivity index (χ1) is 11.6. The molecule has 0 radical (unpaired) electrons. The van der Waals surface area contributed by atoms with Crippen molar-refractivity contribution in [3.8, 4) is 11.4 Å². The zero-order chi connectivity index (χ0) is 19.6. The largest absolute Gasteiger partial charge is 0.481 e. The molecular weight excluding hydrogens is 346 g/mol. The molecule has 1 atom stereocenters. The second kappa shape index (κ2) is 11.2. The lowest BCUT2D eigenvalue weighted by Gasteiger charge is -2.13. The molecule has 1 aromatic heterocycles. The predicted molar refractivity (Wildman–Crippen MR) is 97.7 cm³/mol. The topological polar surface area (TPSA) is 118 Å². The van der Waals surface area contributed by atoms with Gasteiger partial charge in [0, 0.05) is 44.4 Å². The Labute approximate surface area is 152 Å². The number of carboxylic acids is 2. The van der Waals surface area contributed by atoms with E-state index in [1.807, 2.05) is 42.8 Å². The van der Waals surface area contributed by atoms with Crippen molar-refractivity contribution in [2.45, 2.75) is 40.3 Å². The highest BCUT2D eigenvalue weighted by atomic mass is 35.5. The van der Waals surface area contributed by atoms with Crippen molar-refractivity contribution in [1.82, 2.24) is 9.55 Å². The van der Waals surface area contributed by atoms with E-state index in [2.05, 4.69) is 4.98 Å². The fourth-order valence-corrected chi connectivity index (χ4v) is 2.22. The molecule has 0 saturated heterocycles. The molecule has 0 aliphatic rings. The molecule has 0 saturated carbocycles. The van der Waals surface area contributed by atoms with Crippen LogP contribution in [0.2, 0.25) is 5.02 Å². The average Bonchev–Trinajstić information content (AvgIpc) is 2.84. The van der Waals surface area contributed by atoms with Crippen molar-refractivity contribution < 1.29 is 19.8 Å². The maximum Gasteiger partial charge on any atom is 0.300 e. The van der Waals surface area contributed by atoms with Gasteiger partial charge >= 0.3 is 0 Å². The molecule has 8 heteroatoms. The van der Waals surface area contributed by atoms with E-state index in [1.165, 1.54) is 0 Å². The van der Waals surface area contributed by atoms with Gasteiger partial charge in [0.15, 0.2) is 0 Å². The van der Waals surface area contributed by atoms with Crippen LogP contribution in [0.3, 0.4) is 0 Å². The van der Waals surface area contributed by atoms with Crippen LogP contribution in [0.5, 0.6) is 0 Å². The smallest absolute Gasteiger partial charge is 0.300 e. The minimum atomic E-state index is -0.833. The number of hydrogen-bond donors (Lipinski definition) is 3. The van der Waals surface area contributed by atoms with Gasteiger partial charge in [0.25, 0.3) is 11.9 Å². The van der Waals surface area contributed by atoms with Crippen molar-refractivity contribution in [3.63, 3.8) is 0 Å². The van der Waals surface area contributed by atoms with Crippen molar-refractivity contribution in [2.75, 3.05) is 0 Å². The van der Waals surface area contributed by atoms with E-state index < -0.39 is 11.9 Å². The number of nitrogens with zero attached hydrogens (tertiary/aromatic N) is 2. The minimum absolute atomic E-state index is 0.0887. The van der Waals surface area contributed by atoms with Crippen LogP contribution in [0.15, 0.2) is 30.6 Å². The van der Waals surface area contributed by atoms with Gasteiger partial charge in [0.05, 0.1) is 5.02 Å². The molecule has 138 valence electrons. The number of hydrogen-bond acceptors (Lipinski definition) is 4. The van der Waals surface area contributed by atoms with E-state index in [1.54, 1.807) is 6.20 Å². The van der Waals surface area contributed by atoms with Gasteiger partial charge < -0.3 is 20.5 Å². The molecule has 0 fully saturated rings. The molecule has 2 aromatic rings. The molecule has 0 spiro atoms. The zero-order valence-corrected chi connectivity index (χ0v) is 15.5. The normalized spacial score (nSPS) is 10.6. The molecule has 2 rings (SSSR count). The Balaban J connectivity index is 0.000000609. The van der Waals surface area contributed by atoms with Gasteiger partial charge in [-0.05, 0) is 25.5 Å². The van der Waals surface area contributed by atoms with Crippen LogP contribution in [-0.2, 0) is 16.1 Å². The fourth-order valence-electron chi connectivity index (χ4n) is 1.91. The van der Waals surface area contributed by atoms with Gasteiger partial charge in [-0.15, -0.1) is 0 Å². The Morgan fingerprint density at radius 2 is 1.80 bits per heavy atom. The Morgan fingerprint density at radius 1 is 1.28 bits per heavy atom. The molecule has 7 nitrogen and oxygen atoms in total. The summed E-state index contributed by atoms with van der Waals surface area (Å²) in [7, 11) is 0. The maximum absolute atomic E-state index is 9.00. The number of nitrogens with two attached hydrogens (primary N) is 1. The van der Waals surface area contributed by atoms with E-state index >= 15 is 0 Å². The molecule has 0 bridgehead atoms. The lowest BCUT2D eigenvalue weighted by molar-refractivity contribution is -0.135. The van der Waals surface area contributed by atoms with Crippen LogP contribution < -0.4 is 5.73 Å². The summed E-state index contributed by atoms with van der Waals surface area (Å²) < 4.78 is 2.04. The van der Waals surface area contributed by atoms with E-state index in [-0.39, 0.29) is 6.04 Å². The van der Waals surface area contributed by atoms with Crippen LogP contribution >= 0.6 is 11.6 Å². The first-order valence-electron chi connectivity index (χ1n) is 7.47. The Morgan fingerprint density at radius 3 is 2.24 bits per heavy atom. The summed E-state index contributed by atoms with van der Waals surface area (Å²) in [5, 5.41) is 15.6. The Hall–Kier alpha value is -2.38. The summed E-state index contributed by atoms with van der Waals surface area (Å²) in [6.07, 6.45) is 3.71. The second-order valence-corrected chi connectivity index (χ2v) is 5.76. The number of rotatable bonds is 3. The SMILES string of the molecule is CC(=O)O.CC(=O)O.Cc1cccc(Cl)c1-c1nccn1C[C@H](C)N. The highest BCUT2D eigenvalue weighted by Gasteiger charge is 2.12. The predicted octanol–water partition coefficient (Wildman–Crippen LogP) is 3.04. The number of halogens is 1. The molecule has 1 aromatic carbocycles. The number of aryl methyl sites for hydroxylation is 1. The minimum Gasteiger partial charge on any atom is -0.481 e. The van der Waals surface area contributed by atoms with Crippen LogP contribution in [0.25, 0.3) is 11.4 Å². The summed E-state index contributed by atoms with van der Waals surface area (Å²) in [4.78, 5) is 22.4. The maximum atomic E-state index is 9.00. The van der Waals surface area contributed by atoms with Crippen molar-refractivity contribution >= 4 is 23.5 Å². The molecule has 25 heavy (non-hydrogen) atoms. The number of benzene rings is 1. The summed E-state index contributed by atoms with van der Waals surface area (Å²) >= 11 is 6.24. The van der Waals surface area contributed by atoms with Crippen LogP contribution in [0.4, 0.5) is 0 Å². The van der Waals surface area contributed by atoms with Gasteiger partial charge in [0.2, 0.25) is 0 Å². The molecule has 0 unspecified atom stereocenters.